The molecule has 0 N–H and O–H groups in total. The van der Waals surface area contributed by atoms with E-state index in [0.717, 1.165) is 5.56 Å². The normalized spacial score (nSPS) is 30.5. The van der Waals surface area contributed by atoms with E-state index in [9.17, 15) is 8.42 Å². The van der Waals surface area contributed by atoms with Gasteiger partial charge in [0.05, 0.1) is 0 Å². The van der Waals surface area contributed by atoms with Crippen molar-refractivity contribution in [2.24, 2.45) is 0 Å². The molecule has 1 heterocycles. The van der Waals surface area contributed by atoms with Crippen molar-refractivity contribution in [1.82, 2.24) is 4.31 Å². The Bertz CT molecular complexity index is 441. The quantitative estimate of drug-likeness (QED) is 0.730. The lowest BCUT2D eigenvalue weighted by Crippen LogP contribution is -2.27. The summed E-state index contributed by atoms with van der Waals surface area (Å²) >= 11 is 0. The van der Waals surface area contributed by atoms with Crippen molar-refractivity contribution in [3.8, 4) is 0 Å². The van der Waals surface area contributed by atoms with Crippen LogP contribution in [-0.4, -0.2) is 25.8 Å². The van der Waals surface area contributed by atoms with Crippen LogP contribution >= 0.6 is 0 Å². The topological polar surface area (TPSA) is 37.4 Å². The first-order valence-corrected chi connectivity index (χ1v) is 6.55. The van der Waals surface area contributed by atoms with Crippen LogP contribution in [0, 0.1) is 0 Å². The van der Waals surface area contributed by atoms with Crippen molar-refractivity contribution in [3.63, 3.8) is 0 Å². The van der Waals surface area contributed by atoms with E-state index in [2.05, 4.69) is 0 Å². The molecule has 0 aliphatic carbocycles. The Hall–Kier alpha value is -0.870. The van der Waals surface area contributed by atoms with Crippen molar-refractivity contribution < 1.29 is 8.42 Å². The number of hydrogen-bond acceptors (Lipinski definition) is 2. The van der Waals surface area contributed by atoms with Gasteiger partial charge in [0.2, 0.25) is 10.0 Å². The van der Waals surface area contributed by atoms with Gasteiger partial charge >= 0.3 is 0 Å². The van der Waals surface area contributed by atoms with Crippen molar-refractivity contribution in [3.05, 3.63) is 35.9 Å². The van der Waals surface area contributed by atoms with E-state index < -0.39 is 10.0 Å². The summed E-state index contributed by atoms with van der Waals surface area (Å²) in [7, 11) is -1.48. The van der Waals surface area contributed by atoms with E-state index in [0.29, 0.717) is 6.42 Å². The molecule has 1 aliphatic rings. The van der Waals surface area contributed by atoms with E-state index >= 15 is 0 Å². The smallest absolute Gasteiger partial charge is 0.212 e. The van der Waals surface area contributed by atoms with Crippen LogP contribution in [0.2, 0.25) is 0 Å². The maximum Gasteiger partial charge on any atom is 0.221 e. The summed E-state index contributed by atoms with van der Waals surface area (Å²) in [4.78, 5) is 0. The van der Waals surface area contributed by atoms with Crippen LogP contribution in [0.1, 0.15) is 24.2 Å². The molecule has 1 aromatic carbocycles. The summed E-state index contributed by atoms with van der Waals surface area (Å²) < 4.78 is 25.5. The van der Waals surface area contributed by atoms with Gasteiger partial charge in [-0.1, -0.05) is 30.3 Å². The molecule has 0 spiro atoms. The first-order valence-electron chi connectivity index (χ1n) is 5.05. The molecule has 1 fully saturated rings. The Morgan fingerprint density at radius 1 is 1.27 bits per heavy atom. The molecule has 1 saturated heterocycles. The monoisotopic (exact) mass is 225 g/mol. The highest BCUT2D eigenvalue weighted by atomic mass is 32.2. The minimum absolute atomic E-state index is 0.0974. The summed E-state index contributed by atoms with van der Waals surface area (Å²) in [5.74, 6) is 0. The highest BCUT2D eigenvalue weighted by molar-refractivity contribution is 7.89. The second-order valence-corrected chi connectivity index (χ2v) is 6.22. The summed E-state index contributed by atoms with van der Waals surface area (Å²) in [5, 5.41) is -0.362. The Balaban J connectivity index is 2.41. The lowest BCUT2D eigenvalue weighted by Gasteiger charge is -2.13. The molecule has 82 valence electrons. The van der Waals surface area contributed by atoms with Gasteiger partial charge < -0.3 is 0 Å². The van der Waals surface area contributed by atoms with Crippen molar-refractivity contribution in [2.75, 3.05) is 7.05 Å². The van der Waals surface area contributed by atoms with Gasteiger partial charge in [-0.2, -0.15) is 0 Å². The maximum absolute atomic E-state index is 12.0. The van der Waals surface area contributed by atoms with Gasteiger partial charge in [-0.3, -0.25) is 0 Å². The third-order valence-corrected chi connectivity index (χ3v) is 5.45. The lowest BCUT2D eigenvalue weighted by atomic mass is 10.1. The Kier molecular flexibility index (Phi) is 2.56. The van der Waals surface area contributed by atoms with Crippen molar-refractivity contribution in [2.45, 2.75) is 24.6 Å². The molecular formula is C11H15NO2S. The van der Waals surface area contributed by atoms with Crippen LogP contribution in [0.5, 0.6) is 0 Å². The van der Waals surface area contributed by atoms with Gasteiger partial charge in [-0.25, -0.2) is 12.7 Å². The molecule has 0 bridgehead atoms. The third kappa shape index (κ3) is 1.68. The molecule has 3 nitrogen and oxygen atoms in total. The minimum atomic E-state index is -3.13. The predicted molar refractivity (Wildman–Crippen MR) is 59.9 cm³/mol. The molecule has 1 aliphatic heterocycles. The molecule has 2 rings (SSSR count). The molecule has 0 unspecified atom stereocenters. The summed E-state index contributed by atoms with van der Waals surface area (Å²) in [6.45, 7) is 1.94. The molecule has 0 amide bonds. The van der Waals surface area contributed by atoms with Gasteiger partial charge in [0.25, 0.3) is 0 Å². The summed E-state index contributed by atoms with van der Waals surface area (Å²) in [6.07, 6.45) is 0.683. The highest BCUT2D eigenvalue weighted by Gasteiger charge is 2.41. The number of hydrogen-bond donors (Lipinski definition) is 0. The second-order valence-electron chi connectivity index (χ2n) is 4.05. The Morgan fingerprint density at radius 2 is 1.87 bits per heavy atom. The molecule has 1 aromatic rings. The number of nitrogens with zero attached hydrogens (tertiary/aromatic N) is 1. The van der Waals surface area contributed by atoms with E-state index in [1.807, 2.05) is 37.3 Å². The third-order valence-electron chi connectivity index (χ3n) is 3.11. The minimum Gasteiger partial charge on any atom is -0.212 e. The Labute approximate surface area is 90.8 Å². The molecule has 0 saturated carbocycles. The summed E-state index contributed by atoms with van der Waals surface area (Å²) in [6, 6.07) is 9.53. The number of sulfonamides is 1. The molecule has 2 atom stereocenters. The van der Waals surface area contributed by atoms with Crippen LogP contribution in [0.3, 0.4) is 0 Å². The van der Waals surface area contributed by atoms with Crippen molar-refractivity contribution in [1.29, 1.82) is 0 Å². The van der Waals surface area contributed by atoms with Crippen LogP contribution in [0.25, 0.3) is 0 Å². The van der Waals surface area contributed by atoms with Crippen LogP contribution in [0.15, 0.2) is 30.3 Å². The van der Waals surface area contributed by atoms with Gasteiger partial charge in [0.15, 0.2) is 0 Å². The maximum atomic E-state index is 12.0. The van der Waals surface area contributed by atoms with Gasteiger partial charge in [0.1, 0.15) is 5.25 Å². The fourth-order valence-electron chi connectivity index (χ4n) is 2.01. The average molecular weight is 225 g/mol. The van der Waals surface area contributed by atoms with Gasteiger partial charge in [0, 0.05) is 13.1 Å². The fourth-order valence-corrected chi connectivity index (χ4v) is 4.02. The average Bonchev–Trinajstić information content (AvgIpc) is 2.43. The van der Waals surface area contributed by atoms with E-state index in [1.165, 1.54) is 4.31 Å². The molecular weight excluding hydrogens is 210 g/mol. The van der Waals surface area contributed by atoms with Crippen molar-refractivity contribution >= 4 is 10.0 Å². The van der Waals surface area contributed by atoms with Gasteiger partial charge in [-0.15, -0.1) is 0 Å². The lowest BCUT2D eigenvalue weighted by molar-refractivity contribution is 0.419. The zero-order chi connectivity index (χ0) is 11.1. The molecule has 15 heavy (non-hydrogen) atoms. The largest absolute Gasteiger partial charge is 0.221 e. The molecule has 0 radical (unpaired) electrons. The zero-order valence-corrected chi connectivity index (χ0v) is 9.74. The standard InChI is InChI=1S/C11H15NO2S/c1-9-8-11(15(13,14)12(9)2)10-6-4-3-5-7-10/h3-7,9,11H,8H2,1-2H3/t9-,11+/m0/s1. The predicted octanol–water partition coefficient (Wildman–Crippen LogP) is 1.78. The van der Waals surface area contributed by atoms with Crippen LogP contribution in [-0.2, 0) is 10.0 Å². The fraction of sp³-hybridized carbons (Fsp3) is 0.455. The summed E-state index contributed by atoms with van der Waals surface area (Å²) in [5.41, 5.74) is 0.897. The number of rotatable bonds is 1. The zero-order valence-electron chi connectivity index (χ0n) is 8.92. The van der Waals surface area contributed by atoms with E-state index in [1.54, 1.807) is 7.05 Å². The molecule has 0 aromatic heterocycles. The first-order chi connectivity index (χ1) is 7.03. The first kappa shape index (κ1) is 10.6. The van der Waals surface area contributed by atoms with Crippen LogP contribution < -0.4 is 0 Å². The second kappa shape index (κ2) is 3.61. The van der Waals surface area contributed by atoms with E-state index in [4.69, 9.17) is 0 Å². The highest BCUT2D eigenvalue weighted by Crippen LogP contribution is 2.37. The van der Waals surface area contributed by atoms with Crippen LogP contribution in [0.4, 0.5) is 0 Å². The molecule has 4 heteroatoms. The Morgan fingerprint density at radius 3 is 2.33 bits per heavy atom. The van der Waals surface area contributed by atoms with Gasteiger partial charge in [-0.05, 0) is 18.9 Å². The SMILES string of the molecule is C[C@H]1C[C@H](c2ccccc2)S(=O)(=O)N1C. The number of benzene rings is 1. The van der Waals surface area contributed by atoms with E-state index in [-0.39, 0.29) is 11.3 Å².